The van der Waals surface area contributed by atoms with Gasteiger partial charge in [-0.1, -0.05) is 13.8 Å². The van der Waals surface area contributed by atoms with Crippen molar-refractivity contribution in [3.8, 4) is 0 Å². The van der Waals surface area contributed by atoms with Crippen LogP contribution in [-0.4, -0.2) is 45.7 Å². The monoisotopic (exact) mass is 276 g/mol. The van der Waals surface area contributed by atoms with E-state index in [0.29, 0.717) is 19.0 Å². The Kier molecular flexibility index (Phi) is 5.62. The van der Waals surface area contributed by atoms with Crippen LogP contribution in [0.2, 0.25) is 0 Å². The Morgan fingerprint density at radius 1 is 1.39 bits per heavy atom. The van der Waals surface area contributed by atoms with Gasteiger partial charge < -0.3 is 5.32 Å². The van der Waals surface area contributed by atoms with Gasteiger partial charge in [0.25, 0.3) is 0 Å². The van der Waals surface area contributed by atoms with Gasteiger partial charge >= 0.3 is 0 Å². The average molecular weight is 276 g/mol. The summed E-state index contributed by atoms with van der Waals surface area (Å²) in [5, 5.41) is 3.19. The second kappa shape index (κ2) is 6.35. The van der Waals surface area contributed by atoms with E-state index in [1.807, 2.05) is 7.05 Å². The zero-order chi connectivity index (χ0) is 13.8. The summed E-state index contributed by atoms with van der Waals surface area (Å²) in [5.74, 6) is 0.514. The molecule has 1 rings (SSSR count). The molecule has 0 aromatic rings. The number of hydrogen-bond donors (Lipinski definition) is 1. The third-order valence-electron chi connectivity index (χ3n) is 3.84. The maximum absolute atomic E-state index is 11.6. The van der Waals surface area contributed by atoms with E-state index in [-0.39, 0.29) is 5.41 Å². The topological polar surface area (TPSA) is 49.4 Å². The van der Waals surface area contributed by atoms with Crippen molar-refractivity contribution in [1.29, 1.82) is 0 Å². The molecule has 0 aromatic carbocycles. The summed E-state index contributed by atoms with van der Waals surface area (Å²) < 4.78 is 24.8. The Hall–Kier alpha value is -0.130. The van der Waals surface area contributed by atoms with Gasteiger partial charge in [-0.25, -0.2) is 12.7 Å². The number of piperidine rings is 1. The summed E-state index contributed by atoms with van der Waals surface area (Å²) in [4.78, 5) is 0. The van der Waals surface area contributed by atoms with E-state index in [4.69, 9.17) is 0 Å². The van der Waals surface area contributed by atoms with Gasteiger partial charge in [-0.15, -0.1) is 0 Å². The van der Waals surface area contributed by atoms with Gasteiger partial charge in [0.05, 0.1) is 6.26 Å². The molecule has 0 spiro atoms. The molecule has 1 N–H and O–H groups in total. The van der Waals surface area contributed by atoms with Crippen molar-refractivity contribution in [2.24, 2.45) is 11.3 Å². The molecule has 0 bridgehead atoms. The van der Waals surface area contributed by atoms with Crippen molar-refractivity contribution in [3.63, 3.8) is 0 Å². The average Bonchev–Trinajstić information content (AvgIpc) is 2.25. The smallest absolute Gasteiger partial charge is 0.211 e. The van der Waals surface area contributed by atoms with E-state index in [1.54, 1.807) is 4.31 Å². The van der Waals surface area contributed by atoms with Crippen molar-refractivity contribution in [3.05, 3.63) is 0 Å². The minimum Gasteiger partial charge on any atom is -0.320 e. The van der Waals surface area contributed by atoms with E-state index < -0.39 is 10.0 Å². The summed E-state index contributed by atoms with van der Waals surface area (Å²) in [6, 6.07) is 0. The first kappa shape index (κ1) is 15.9. The summed E-state index contributed by atoms with van der Waals surface area (Å²) in [7, 11) is -1.04. The highest BCUT2D eigenvalue weighted by atomic mass is 32.2. The van der Waals surface area contributed by atoms with Gasteiger partial charge in [-0.05, 0) is 50.6 Å². The van der Waals surface area contributed by atoms with E-state index in [1.165, 1.54) is 6.26 Å². The van der Waals surface area contributed by atoms with E-state index in [0.717, 1.165) is 32.2 Å². The van der Waals surface area contributed by atoms with Crippen LogP contribution >= 0.6 is 0 Å². The molecule has 0 aromatic heterocycles. The maximum Gasteiger partial charge on any atom is 0.211 e. The molecule has 108 valence electrons. The third kappa shape index (κ3) is 5.24. The Bertz CT molecular complexity index is 352. The zero-order valence-electron chi connectivity index (χ0n) is 12.2. The first-order valence-electron chi connectivity index (χ1n) is 6.84. The molecule has 0 radical (unpaired) electrons. The Balaban J connectivity index is 2.52. The van der Waals surface area contributed by atoms with Crippen molar-refractivity contribution in [1.82, 2.24) is 9.62 Å². The van der Waals surface area contributed by atoms with Crippen molar-refractivity contribution in [2.45, 2.75) is 39.5 Å². The molecule has 5 heteroatoms. The highest BCUT2D eigenvalue weighted by Crippen LogP contribution is 2.33. The predicted octanol–water partition coefficient (Wildman–Crippen LogP) is 1.68. The third-order valence-corrected chi connectivity index (χ3v) is 5.11. The standard InChI is InChI=1S/C13H28N2O2S/c1-13(2,7-8-14-3)10-12-6-5-9-15(11-12)18(4,16)17/h12,14H,5-11H2,1-4H3. The lowest BCUT2D eigenvalue weighted by Crippen LogP contribution is -2.40. The van der Waals surface area contributed by atoms with Crippen molar-refractivity contribution in [2.75, 3.05) is 32.9 Å². The van der Waals surface area contributed by atoms with Crippen LogP contribution in [0.5, 0.6) is 0 Å². The van der Waals surface area contributed by atoms with Gasteiger partial charge in [0.15, 0.2) is 0 Å². The van der Waals surface area contributed by atoms with Crippen molar-refractivity contribution < 1.29 is 8.42 Å². The van der Waals surface area contributed by atoms with Crippen LogP contribution in [0.1, 0.15) is 39.5 Å². The number of hydrogen-bond acceptors (Lipinski definition) is 3. The van der Waals surface area contributed by atoms with Gasteiger partial charge in [0, 0.05) is 13.1 Å². The van der Waals surface area contributed by atoms with Crippen LogP contribution in [-0.2, 0) is 10.0 Å². The molecule has 0 aliphatic carbocycles. The van der Waals surface area contributed by atoms with Gasteiger partial charge in [-0.2, -0.15) is 0 Å². The second-order valence-corrected chi connectivity index (χ2v) is 8.33. The second-order valence-electron chi connectivity index (χ2n) is 6.35. The molecule has 1 unspecified atom stereocenters. The molecule has 0 amide bonds. The minimum absolute atomic E-state index is 0.286. The largest absolute Gasteiger partial charge is 0.320 e. The maximum atomic E-state index is 11.6. The lowest BCUT2D eigenvalue weighted by molar-refractivity contribution is 0.181. The normalized spacial score (nSPS) is 23.2. The van der Waals surface area contributed by atoms with Crippen LogP contribution in [0.3, 0.4) is 0 Å². The quantitative estimate of drug-likeness (QED) is 0.803. The van der Waals surface area contributed by atoms with Gasteiger partial charge in [0.2, 0.25) is 10.0 Å². The SMILES string of the molecule is CNCCC(C)(C)CC1CCCN(S(C)(=O)=O)C1. The molecule has 1 fully saturated rings. The molecular formula is C13H28N2O2S. The lowest BCUT2D eigenvalue weighted by Gasteiger charge is -2.36. The number of rotatable bonds is 6. The lowest BCUT2D eigenvalue weighted by atomic mass is 9.78. The minimum atomic E-state index is -3.01. The number of nitrogens with zero attached hydrogens (tertiary/aromatic N) is 1. The summed E-state index contributed by atoms with van der Waals surface area (Å²) in [6.07, 6.45) is 5.73. The first-order chi connectivity index (χ1) is 8.24. The Morgan fingerprint density at radius 3 is 2.61 bits per heavy atom. The Morgan fingerprint density at radius 2 is 2.06 bits per heavy atom. The van der Waals surface area contributed by atoms with Crippen LogP contribution in [0.25, 0.3) is 0 Å². The van der Waals surface area contributed by atoms with Crippen LogP contribution in [0.4, 0.5) is 0 Å². The predicted molar refractivity (Wildman–Crippen MR) is 76.1 cm³/mol. The molecule has 1 saturated heterocycles. The fourth-order valence-corrected chi connectivity index (χ4v) is 3.78. The van der Waals surface area contributed by atoms with E-state index in [9.17, 15) is 8.42 Å². The van der Waals surface area contributed by atoms with E-state index in [2.05, 4.69) is 19.2 Å². The molecular weight excluding hydrogens is 248 g/mol. The van der Waals surface area contributed by atoms with Crippen LogP contribution < -0.4 is 5.32 Å². The van der Waals surface area contributed by atoms with Crippen molar-refractivity contribution >= 4 is 10.0 Å². The molecule has 18 heavy (non-hydrogen) atoms. The molecule has 1 heterocycles. The summed E-state index contributed by atoms with van der Waals surface area (Å²) >= 11 is 0. The van der Waals surface area contributed by atoms with Gasteiger partial charge in [-0.3, -0.25) is 0 Å². The van der Waals surface area contributed by atoms with Crippen LogP contribution in [0, 0.1) is 11.3 Å². The molecule has 1 aliphatic rings. The fourth-order valence-electron chi connectivity index (χ4n) is 2.84. The zero-order valence-corrected chi connectivity index (χ0v) is 13.0. The Labute approximate surface area is 112 Å². The molecule has 0 saturated carbocycles. The van der Waals surface area contributed by atoms with Crippen LogP contribution in [0.15, 0.2) is 0 Å². The summed E-state index contributed by atoms with van der Waals surface area (Å²) in [6.45, 7) is 7.00. The van der Waals surface area contributed by atoms with E-state index >= 15 is 0 Å². The number of nitrogens with one attached hydrogen (secondary N) is 1. The summed E-state index contributed by atoms with van der Waals surface area (Å²) in [5.41, 5.74) is 0.286. The fraction of sp³-hybridized carbons (Fsp3) is 1.00. The molecule has 1 aliphatic heterocycles. The first-order valence-corrected chi connectivity index (χ1v) is 8.69. The highest BCUT2D eigenvalue weighted by Gasteiger charge is 2.30. The van der Waals surface area contributed by atoms with Gasteiger partial charge in [0.1, 0.15) is 0 Å². The highest BCUT2D eigenvalue weighted by molar-refractivity contribution is 7.88. The molecule has 4 nitrogen and oxygen atoms in total. The number of sulfonamides is 1. The molecule has 1 atom stereocenters.